The number of nitrogens with zero attached hydrogens (tertiary/aromatic N) is 8. The van der Waals surface area contributed by atoms with Crippen LogP contribution in [0.3, 0.4) is 0 Å². The number of aryl methyl sites for hydroxylation is 4. The third-order valence-electron chi connectivity index (χ3n) is 20.0. The molecule has 12 rings (SSSR count). The lowest BCUT2D eigenvalue weighted by atomic mass is 10.0. The van der Waals surface area contributed by atoms with Crippen molar-refractivity contribution in [1.29, 1.82) is 0 Å². The molecule has 8 aromatic rings. The Kier molecular flexibility index (Phi) is 32.6. The smallest absolute Gasteiger partial charge is 0.408 e. The molecule has 620 valence electrons. The quantitative estimate of drug-likeness (QED) is 0.0795. The summed E-state index contributed by atoms with van der Waals surface area (Å²) in [4.78, 5) is 90.7. The van der Waals surface area contributed by atoms with E-state index in [1.54, 1.807) is 65.2 Å². The summed E-state index contributed by atoms with van der Waals surface area (Å²) in [5.74, 6) is -0.383. The maximum absolute atomic E-state index is 13.2. The minimum atomic E-state index is -0.708. The monoisotopic (exact) mass is 1740 g/mol. The van der Waals surface area contributed by atoms with Gasteiger partial charge in [-0.15, -0.1) is 0 Å². The van der Waals surface area contributed by atoms with Crippen molar-refractivity contribution in [2.75, 3.05) is 111 Å². The van der Waals surface area contributed by atoms with Crippen molar-refractivity contribution in [3.8, 4) is 0 Å². The van der Waals surface area contributed by atoms with E-state index >= 15 is 0 Å². The van der Waals surface area contributed by atoms with Gasteiger partial charge in [0.15, 0.2) is 0 Å². The molecule has 28 heteroatoms. The number of piperazine rings is 4. The van der Waals surface area contributed by atoms with Crippen LogP contribution in [0.4, 0.5) is 32.3 Å². The molecule has 0 saturated carbocycles. The van der Waals surface area contributed by atoms with Gasteiger partial charge in [-0.2, -0.15) is 0 Å². The summed E-state index contributed by atoms with van der Waals surface area (Å²) in [6.45, 7) is 28.9. The van der Waals surface area contributed by atoms with E-state index in [2.05, 4.69) is 42.4 Å². The largest absolute Gasteiger partial charge is 0.444 e. The second-order valence-corrected chi connectivity index (χ2v) is 34.7. The van der Waals surface area contributed by atoms with Crippen molar-refractivity contribution in [2.24, 2.45) is 11.5 Å². The Hall–Kier alpha value is -8.38. The molecular formula is C88H104Cl8N12O8. The van der Waals surface area contributed by atoms with Crippen LogP contribution in [0.15, 0.2) is 170 Å². The van der Waals surface area contributed by atoms with Crippen molar-refractivity contribution in [3.05, 3.63) is 255 Å². The number of anilines is 4. The summed E-state index contributed by atoms with van der Waals surface area (Å²) in [5.41, 5.74) is 22.6. The van der Waals surface area contributed by atoms with Gasteiger partial charge in [0.05, 0.1) is 79.6 Å². The fourth-order valence-electron chi connectivity index (χ4n) is 14.2. The highest BCUT2D eigenvalue weighted by molar-refractivity contribution is 6.35. The number of carbonyl (C=O) groups excluding carboxylic acids is 6. The van der Waals surface area contributed by atoms with Crippen LogP contribution < -0.4 is 41.7 Å². The summed E-state index contributed by atoms with van der Waals surface area (Å²) in [6.07, 6.45) is -1.21. The number of carbonyl (C=O) groups is 6. The lowest BCUT2D eigenvalue weighted by Crippen LogP contribution is -2.55. The average Bonchev–Trinajstić information content (AvgIpc) is 0.804. The van der Waals surface area contributed by atoms with E-state index < -0.39 is 35.5 Å². The topological polar surface area (TPSA) is 223 Å². The molecule has 6 N–H and O–H groups in total. The van der Waals surface area contributed by atoms with Gasteiger partial charge in [0.2, 0.25) is 23.6 Å². The molecule has 4 heterocycles. The molecular weight excluding hydrogens is 1640 g/mol. The highest BCUT2D eigenvalue weighted by Gasteiger charge is 2.38. The van der Waals surface area contributed by atoms with Crippen LogP contribution in [0.25, 0.3) is 0 Å². The van der Waals surface area contributed by atoms with Crippen LogP contribution in [0.5, 0.6) is 0 Å². The first-order chi connectivity index (χ1) is 54.8. The molecule has 6 amide bonds. The number of rotatable bonds is 14. The Morgan fingerprint density at radius 1 is 0.388 bits per heavy atom. The molecule has 20 nitrogen and oxygen atoms in total. The highest BCUT2D eigenvalue weighted by Crippen LogP contribution is 2.42. The van der Waals surface area contributed by atoms with Crippen molar-refractivity contribution in [1.82, 2.24) is 30.2 Å². The van der Waals surface area contributed by atoms with Gasteiger partial charge < -0.3 is 70.8 Å². The number of nitrogens with one attached hydrogen (secondary N) is 2. The molecule has 0 bridgehead atoms. The van der Waals surface area contributed by atoms with E-state index in [1.807, 2.05) is 195 Å². The van der Waals surface area contributed by atoms with Gasteiger partial charge in [-0.05, 0) is 225 Å². The van der Waals surface area contributed by atoms with Gasteiger partial charge in [-0.25, -0.2) is 9.59 Å². The van der Waals surface area contributed by atoms with E-state index in [1.165, 1.54) is 0 Å². The van der Waals surface area contributed by atoms with Gasteiger partial charge in [-0.3, -0.25) is 19.2 Å². The second-order valence-electron chi connectivity index (χ2n) is 31.3. The van der Waals surface area contributed by atoms with Crippen LogP contribution in [0.1, 0.15) is 124 Å². The summed E-state index contributed by atoms with van der Waals surface area (Å²) in [7, 11) is 0. The fraction of sp³-hybridized carbons (Fsp3) is 0.386. The predicted octanol–water partition coefficient (Wildman–Crippen LogP) is 18.5. The normalized spacial score (nSPS) is 17.6. The molecule has 0 aromatic heterocycles. The van der Waals surface area contributed by atoms with Crippen LogP contribution in [-0.2, 0) is 28.7 Å². The van der Waals surface area contributed by atoms with Crippen LogP contribution in [0, 0.1) is 27.7 Å². The Labute approximate surface area is 722 Å². The molecule has 4 saturated heterocycles. The number of hydrogen-bond donors (Lipinski definition) is 4. The van der Waals surface area contributed by atoms with Gasteiger partial charge >= 0.3 is 12.2 Å². The average molecular weight is 1740 g/mol. The maximum Gasteiger partial charge on any atom is 0.408 e. The van der Waals surface area contributed by atoms with Crippen LogP contribution >= 0.6 is 92.8 Å². The second kappa shape index (κ2) is 41.3. The number of alkyl carbamates (subject to hydrolysis) is 2. The minimum Gasteiger partial charge on any atom is -0.444 e. The lowest BCUT2D eigenvalue weighted by Gasteiger charge is -2.44. The standard InChI is InChI=1S/C25H31Cl2N3O3.C24H29Cl2N3O3.C20H23Cl2N3O.C19H21Cl2N3O/c1-16-6-11-21(20(27)14-16)30-13-12-29(15-22(30)18-7-9-19(26)10-8-18)23(31)17(2)28-24(32)33-25(3,4)5;1-16-5-10-20(19(26)13-16)29-12-11-28(15-21(29)17-6-8-18(25)9-7-17)22(30)14-27-23(31)32-24(2,3)4;1-13-3-8-18(17(22)11-13)25-10-9-24(20(26)14(2)23)12-19(25)15-4-6-16(21)7-5-15;1-13-2-7-17(16(21)10-13)24-9-8-23(19(25)11-22)12-18(24)14-3-5-15(20)6-4-14/h6-11,14,17,22H,12-13,15H2,1-5H3,(H,28,32);5-10,13,21H,11-12,14-15H2,1-4H3,(H,27,31);3-8,11,14,19H,9-10,12,23H2,1-2H3;2-7,10,18H,8-9,11-12,22H2,1H3/t17-,22-;21-;14-,19-;18-/m0000/s1. The van der Waals surface area contributed by atoms with E-state index in [4.69, 9.17) is 114 Å². The molecule has 0 radical (unpaired) electrons. The number of halogens is 8. The molecule has 0 unspecified atom stereocenters. The first-order valence-electron chi connectivity index (χ1n) is 38.5. The first kappa shape index (κ1) is 91.5. The van der Waals surface area contributed by atoms with E-state index in [0.717, 1.165) is 77.3 Å². The maximum atomic E-state index is 13.2. The lowest BCUT2D eigenvalue weighted by molar-refractivity contribution is -0.134. The number of benzene rings is 8. The minimum absolute atomic E-state index is 0.00160. The van der Waals surface area contributed by atoms with Gasteiger partial charge in [-0.1, -0.05) is 166 Å². The van der Waals surface area contributed by atoms with Crippen LogP contribution in [0.2, 0.25) is 40.2 Å². The van der Waals surface area contributed by atoms with Crippen LogP contribution in [-0.4, -0.2) is 170 Å². The molecule has 4 aliphatic heterocycles. The Bertz CT molecular complexity index is 4710. The van der Waals surface area contributed by atoms with Crippen molar-refractivity contribution in [2.45, 2.75) is 131 Å². The number of amides is 6. The summed E-state index contributed by atoms with van der Waals surface area (Å²) >= 11 is 50.5. The molecule has 6 atom stereocenters. The summed E-state index contributed by atoms with van der Waals surface area (Å²) in [5, 5.41) is 10.7. The zero-order valence-corrected chi connectivity index (χ0v) is 73.6. The molecule has 116 heavy (non-hydrogen) atoms. The van der Waals surface area contributed by atoms with E-state index in [9.17, 15) is 28.8 Å². The zero-order chi connectivity index (χ0) is 84.6. The third-order valence-corrected chi connectivity index (χ3v) is 22.2. The fourth-order valence-corrected chi connectivity index (χ4v) is 16.1. The molecule has 0 spiro atoms. The van der Waals surface area contributed by atoms with Gasteiger partial charge in [0.1, 0.15) is 23.8 Å². The SMILES string of the molecule is Cc1ccc(N2CCN(C(=O)CN)C[C@H]2c2ccc(Cl)cc2)c(Cl)c1.Cc1ccc(N2CCN(C(=O)CNC(=O)OC(C)(C)C)C[C@H]2c2ccc(Cl)cc2)c(Cl)c1.Cc1ccc(N2CCN(C(=O)[C@H](C)N)C[C@H]2c2ccc(Cl)cc2)c(Cl)c1.Cc1ccc(N2CCN(C(=O)[C@H](C)NC(=O)OC(C)(C)C)C[C@H]2c2ccc(Cl)cc2)c(Cl)c1. The Balaban J connectivity index is 0.000000178. The Morgan fingerprint density at radius 2 is 0.655 bits per heavy atom. The zero-order valence-electron chi connectivity index (χ0n) is 67.6. The number of hydrogen-bond acceptors (Lipinski definition) is 14. The summed E-state index contributed by atoms with van der Waals surface area (Å²) in [6, 6.07) is 53.4. The van der Waals surface area contributed by atoms with E-state index in [0.29, 0.717) is 109 Å². The van der Waals surface area contributed by atoms with E-state index in [-0.39, 0.29) is 60.9 Å². The highest BCUT2D eigenvalue weighted by atomic mass is 35.5. The number of ether oxygens (including phenoxy) is 2. The number of nitrogens with two attached hydrogens (primary N) is 2. The Morgan fingerprint density at radius 3 is 0.931 bits per heavy atom. The molecule has 4 fully saturated rings. The molecule has 8 aromatic carbocycles. The van der Waals surface area contributed by atoms with Crippen molar-refractivity contribution >= 4 is 151 Å². The predicted molar refractivity (Wildman–Crippen MR) is 473 cm³/mol. The van der Waals surface area contributed by atoms with Crippen molar-refractivity contribution in [3.63, 3.8) is 0 Å². The molecule has 0 aliphatic carbocycles. The first-order valence-corrected chi connectivity index (χ1v) is 41.5. The third kappa shape index (κ3) is 25.6. The van der Waals surface area contributed by atoms with Gasteiger partial charge in [0, 0.05) is 98.6 Å². The summed E-state index contributed by atoms with van der Waals surface area (Å²) < 4.78 is 10.5. The van der Waals surface area contributed by atoms with Gasteiger partial charge in [0.25, 0.3) is 0 Å². The van der Waals surface area contributed by atoms with Crippen molar-refractivity contribution < 1.29 is 38.2 Å². The molecule has 4 aliphatic rings.